The molecular formula is C14H22F3NO3. The molecule has 21 heavy (non-hydrogen) atoms. The second-order valence-electron chi connectivity index (χ2n) is 5.67. The van der Waals surface area contributed by atoms with Crippen molar-refractivity contribution in [1.29, 1.82) is 0 Å². The number of carbonyl (C=O) groups excluding carboxylic acids is 2. The van der Waals surface area contributed by atoms with Gasteiger partial charge in [0.1, 0.15) is 5.60 Å². The Bertz CT molecular complexity index is 391. The summed E-state index contributed by atoms with van der Waals surface area (Å²) in [5, 5.41) is 0. The number of hydrogen-bond acceptors (Lipinski definition) is 3. The Morgan fingerprint density at radius 3 is 2.29 bits per heavy atom. The van der Waals surface area contributed by atoms with Crippen molar-refractivity contribution in [2.24, 2.45) is 5.92 Å². The Labute approximate surface area is 122 Å². The number of alkyl halides is 3. The van der Waals surface area contributed by atoms with Gasteiger partial charge in [0.05, 0.1) is 5.92 Å². The minimum Gasteiger partial charge on any atom is -0.459 e. The molecule has 0 saturated carbocycles. The summed E-state index contributed by atoms with van der Waals surface area (Å²) in [6.07, 6.45) is -2.81. The van der Waals surface area contributed by atoms with Crippen LogP contribution in [0.3, 0.4) is 0 Å². The van der Waals surface area contributed by atoms with E-state index in [9.17, 15) is 22.8 Å². The average molecular weight is 309 g/mol. The van der Waals surface area contributed by atoms with E-state index in [4.69, 9.17) is 4.74 Å². The highest BCUT2D eigenvalue weighted by Crippen LogP contribution is 2.27. The van der Waals surface area contributed by atoms with Crippen molar-refractivity contribution >= 4 is 11.9 Å². The van der Waals surface area contributed by atoms with Gasteiger partial charge in [-0.2, -0.15) is 13.2 Å². The molecule has 4 nitrogen and oxygen atoms in total. The summed E-state index contributed by atoms with van der Waals surface area (Å²) in [6.45, 7) is 5.38. The van der Waals surface area contributed by atoms with Crippen LogP contribution in [0.25, 0.3) is 0 Å². The Morgan fingerprint density at radius 1 is 1.24 bits per heavy atom. The number of halogens is 3. The van der Waals surface area contributed by atoms with Crippen LogP contribution in [0, 0.1) is 5.92 Å². The van der Waals surface area contributed by atoms with Crippen LogP contribution in [0.4, 0.5) is 13.2 Å². The number of nitrogens with zero attached hydrogens (tertiary/aromatic N) is 1. The Kier molecular flexibility index (Phi) is 5.64. The molecule has 1 atom stereocenters. The van der Waals surface area contributed by atoms with Crippen molar-refractivity contribution in [3.8, 4) is 0 Å². The first-order valence-electron chi connectivity index (χ1n) is 7.22. The first kappa shape index (κ1) is 17.8. The Morgan fingerprint density at radius 2 is 1.81 bits per heavy atom. The van der Waals surface area contributed by atoms with Gasteiger partial charge in [0.15, 0.2) is 0 Å². The predicted octanol–water partition coefficient (Wildman–Crippen LogP) is 2.91. The molecule has 1 aliphatic heterocycles. The van der Waals surface area contributed by atoms with E-state index in [0.717, 1.165) is 0 Å². The summed E-state index contributed by atoms with van der Waals surface area (Å²) in [6, 6.07) is 0. The van der Waals surface area contributed by atoms with Gasteiger partial charge in [-0.3, -0.25) is 9.59 Å². The first-order chi connectivity index (χ1) is 9.63. The number of esters is 1. The van der Waals surface area contributed by atoms with Crippen molar-refractivity contribution in [2.75, 3.05) is 13.1 Å². The largest absolute Gasteiger partial charge is 0.471 e. The summed E-state index contributed by atoms with van der Waals surface area (Å²) in [5.74, 6) is -3.07. The molecule has 0 aliphatic carbocycles. The third-order valence-electron chi connectivity index (χ3n) is 4.13. The molecule has 122 valence electrons. The minimum absolute atomic E-state index is 0.0287. The number of amides is 1. The summed E-state index contributed by atoms with van der Waals surface area (Å²) in [4.78, 5) is 24.0. The second-order valence-corrected chi connectivity index (χ2v) is 5.67. The zero-order valence-corrected chi connectivity index (χ0v) is 12.6. The quantitative estimate of drug-likeness (QED) is 0.750. The first-order valence-corrected chi connectivity index (χ1v) is 7.22. The maximum Gasteiger partial charge on any atom is 0.471 e. The monoisotopic (exact) mass is 309 g/mol. The number of hydrogen-bond donors (Lipinski definition) is 0. The van der Waals surface area contributed by atoms with E-state index in [2.05, 4.69) is 0 Å². The van der Waals surface area contributed by atoms with E-state index in [0.29, 0.717) is 30.6 Å². The van der Waals surface area contributed by atoms with Crippen LogP contribution in [-0.4, -0.2) is 41.6 Å². The van der Waals surface area contributed by atoms with E-state index in [-0.39, 0.29) is 13.1 Å². The predicted molar refractivity (Wildman–Crippen MR) is 70.4 cm³/mol. The SMILES string of the molecule is CCC(C)(CC)OC(=O)[C@H]1CCCN(C(=O)C(F)(F)F)C1. The fourth-order valence-electron chi connectivity index (χ4n) is 2.25. The van der Waals surface area contributed by atoms with Crippen LogP contribution in [0.5, 0.6) is 0 Å². The molecule has 0 unspecified atom stereocenters. The molecule has 1 rings (SSSR count). The van der Waals surface area contributed by atoms with Gasteiger partial charge in [-0.05, 0) is 32.6 Å². The molecule has 1 amide bonds. The lowest BCUT2D eigenvalue weighted by atomic mass is 9.96. The van der Waals surface area contributed by atoms with Crippen molar-refractivity contribution < 1.29 is 27.5 Å². The zero-order chi connectivity index (χ0) is 16.3. The highest BCUT2D eigenvalue weighted by molar-refractivity contribution is 5.83. The van der Waals surface area contributed by atoms with Crippen LogP contribution >= 0.6 is 0 Å². The zero-order valence-electron chi connectivity index (χ0n) is 12.6. The smallest absolute Gasteiger partial charge is 0.459 e. The molecule has 1 heterocycles. The van der Waals surface area contributed by atoms with Gasteiger partial charge in [0.2, 0.25) is 0 Å². The van der Waals surface area contributed by atoms with Crippen molar-refractivity contribution in [3.63, 3.8) is 0 Å². The number of carbonyl (C=O) groups is 2. The molecule has 1 fully saturated rings. The molecule has 0 aromatic heterocycles. The number of piperidine rings is 1. The fourth-order valence-corrected chi connectivity index (χ4v) is 2.25. The van der Waals surface area contributed by atoms with Crippen LogP contribution < -0.4 is 0 Å². The van der Waals surface area contributed by atoms with Crippen molar-refractivity contribution in [2.45, 2.75) is 58.2 Å². The standard InChI is InChI=1S/C14H22F3NO3/c1-4-13(3,5-2)21-11(19)10-7-6-8-18(9-10)12(20)14(15,16)17/h10H,4-9H2,1-3H3/t10-/m0/s1. The lowest BCUT2D eigenvalue weighted by Crippen LogP contribution is -2.48. The van der Waals surface area contributed by atoms with Gasteiger partial charge in [-0.15, -0.1) is 0 Å². The molecular weight excluding hydrogens is 287 g/mol. The Hall–Kier alpha value is -1.27. The molecule has 1 aliphatic rings. The minimum atomic E-state index is -4.90. The molecule has 0 N–H and O–H groups in total. The lowest BCUT2D eigenvalue weighted by Gasteiger charge is -2.34. The van der Waals surface area contributed by atoms with Crippen LogP contribution in [0.2, 0.25) is 0 Å². The van der Waals surface area contributed by atoms with Crippen molar-refractivity contribution in [1.82, 2.24) is 4.90 Å². The summed E-state index contributed by atoms with van der Waals surface area (Å²) >= 11 is 0. The van der Waals surface area contributed by atoms with Crippen LogP contribution in [-0.2, 0) is 14.3 Å². The molecule has 0 bridgehead atoms. The lowest BCUT2D eigenvalue weighted by molar-refractivity contribution is -0.188. The van der Waals surface area contributed by atoms with Gasteiger partial charge in [0.25, 0.3) is 0 Å². The highest BCUT2D eigenvalue weighted by Gasteiger charge is 2.44. The third kappa shape index (κ3) is 4.61. The third-order valence-corrected chi connectivity index (χ3v) is 4.13. The van der Waals surface area contributed by atoms with E-state index < -0.39 is 29.6 Å². The van der Waals surface area contributed by atoms with E-state index in [1.165, 1.54) is 0 Å². The second kappa shape index (κ2) is 6.66. The normalized spacial score (nSPS) is 20.3. The number of likely N-dealkylation sites (tertiary alicyclic amines) is 1. The van der Waals surface area contributed by atoms with E-state index in [1.54, 1.807) is 6.92 Å². The van der Waals surface area contributed by atoms with Gasteiger partial charge < -0.3 is 9.64 Å². The van der Waals surface area contributed by atoms with Crippen LogP contribution in [0.15, 0.2) is 0 Å². The maximum atomic E-state index is 12.4. The summed E-state index contributed by atoms with van der Waals surface area (Å²) < 4.78 is 42.7. The average Bonchev–Trinajstić information content (AvgIpc) is 2.45. The summed E-state index contributed by atoms with van der Waals surface area (Å²) in [7, 11) is 0. The number of rotatable bonds is 4. The summed E-state index contributed by atoms with van der Waals surface area (Å²) in [5.41, 5.74) is -0.604. The molecule has 7 heteroatoms. The van der Waals surface area contributed by atoms with Gasteiger partial charge in [-0.25, -0.2) is 0 Å². The molecule has 1 saturated heterocycles. The molecule has 0 spiro atoms. The van der Waals surface area contributed by atoms with Gasteiger partial charge >= 0.3 is 18.1 Å². The van der Waals surface area contributed by atoms with Gasteiger partial charge in [0, 0.05) is 13.1 Å². The van der Waals surface area contributed by atoms with Crippen LogP contribution in [0.1, 0.15) is 46.5 Å². The van der Waals surface area contributed by atoms with E-state index in [1.807, 2.05) is 13.8 Å². The maximum absolute atomic E-state index is 12.4. The van der Waals surface area contributed by atoms with E-state index >= 15 is 0 Å². The van der Waals surface area contributed by atoms with Crippen molar-refractivity contribution in [3.05, 3.63) is 0 Å². The van der Waals surface area contributed by atoms with Gasteiger partial charge in [-0.1, -0.05) is 13.8 Å². The fraction of sp³-hybridized carbons (Fsp3) is 0.857. The molecule has 0 radical (unpaired) electrons. The molecule has 0 aromatic rings. The topological polar surface area (TPSA) is 46.6 Å². The molecule has 0 aromatic carbocycles. The Balaban J connectivity index is 2.68. The number of ether oxygens (including phenoxy) is 1. The highest BCUT2D eigenvalue weighted by atomic mass is 19.4.